The molecule has 2 aromatic carbocycles. The van der Waals surface area contributed by atoms with Crippen LogP contribution in [0.4, 0.5) is 5.69 Å². The van der Waals surface area contributed by atoms with Gasteiger partial charge in [0.1, 0.15) is 11.6 Å². The van der Waals surface area contributed by atoms with Crippen molar-refractivity contribution in [1.29, 1.82) is 0 Å². The number of para-hydroxylation sites is 2. The molecule has 0 aliphatic heterocycles. The lowest BCUT2D eigenvalue weighted by Gasteiger charge is -2.16. The summed E-state index contributed by atoms with van der Waals surface area (Å²) in [4.78, 5) is 25.0. The molecule has 31 heavy (non-hydrogen) atoms. The standard InChI is InChI=1S/C22H24N4O4S/c1-5-29-19-9-7-6-8-18(19)23-20(27)14(2)30-21(28)16-10-12-17(13-11-16)26-15(3)24-25-22(26)31-4/h6-14H,5H2,1-4H3,(H,23,27). The number of esters is 1. The van der Waals surface area contributed by atoms with Crippen LogP contribution >= 0.6 is 11.8 Å². The van der Waals surface area contributed by atoms with Gasteiger partial charge in [0.25, 0.3) is 5.91 Å². The summed E-state index contributed by atoms with van der Waals surface area (Å²) in [6.07, 6.45) is 0.940. The average molecular weight is 441 g/mol. The van der Waals surface area contributed by atoms with E-state index < -0.39 is 18.0 Å². The topological polar surface area (TPSA) is 95.3 Å². The summed E-state index contributed by atoms with van der Waals surface area (Å²) in [5.74, 6) is 0.276. The number of hydrogen-bond donors (Lipinski definition) is 1. The Morgan fingerprint density at radius 2 is 1.84 bits per heavy atom. The lowest BCUT2D eigenvalue weighted by atomic mass is 10.2. The molecular formula is C22H24N4O4S. The van der Waals surface area contributed by atoms with E-state index in [4.69, 9.17) is 9.47 Å². The molecule has 0 aliphatic rings. The second-order valence-electron chi connectivity index (χ2n) is 6.58. The van der Waals surface area contributed by atoms with Crippen LogP contribution in [0.3, 0.4) is 0 Å². The van der Waals surface area contributed by atoms with Gasteiger partial charge in [0.05, 0.1) is 17.9 Å². The summed E-state index contributed by atoms with van der Waals surface area (Å²) in [7, 11) is 0. The molecule has 1 unspecified atom stereocenters. The Hall–Kier alpha value is -3.33. The van der Waals surface area contributed by atoms with E-state index in [1.54, 1.807) is 42.5 Å². The van der Waals surface area contributed by atoms with Crippen LogP contribution in [0.1, 0.15) is 30.0 Å². The van der Waals surface area contributed by atoms with Gasteiger partial charge in [-0.2, -0.15) is 0 Å². The number of anilines is 1. The first-order valence-corrected chi connectivity index (χ1v) is 11.0. The van der Waals surface area contributed by atoms with Crippen LogP contribution in [-0.4, -0.2) is 45.6 Å². The van der Waals surface area contributed by atoms with Crippen LogP contribution in [-0.2, 0) is 9.53 Å². The second kappa shape index (κ2) is 10.1. The Morgan fingerprint density at radius 3 is 2.52 bits per heavy atom. The number of carbonyl (C=O) groups excluding carboxylic acids is 2. The molecule has 0 saturated carbocycles. The van der Waals surface area contributed by atoms with Crippen molar-refractivity contribution < 1.29 is 19.1 Å². The zero-order valence-electron chi connectivity index (χ0n) is 17.8. The Kier molecular flexibility index (Phi) is 7.30. The summed E-state index contributed by atoms with van der Waals surface area (Å²) in [5, 5.41) is 11.7. The van der Waals surface area contributed by atoms with Gasteiger partial charge < -0.3 is 14.8 Å². The largest absolute Gasteiger partial charge is 0.492 e. The molecule has 0 fully saturated rings. The minimum absolute atomic E-state index is 0.342. The van der Waals surface area contributed by atoms with Crippen LogP contribution in [0.25, 0.3) is 5.69 Å². The average Bonchev–Trinajstić information content (AvgIpc) is 3.15. The maximum absolute atomic E-state index is 12.5. The lowest BCUT2D eigenvalue weighted by Crippen LogP contribution is -2.30. The predicted molar refractivity (Wildman–Crippen MR) is 119 cm³/mol. The van der Waals surface area contributed by atoms with Crippen LogP contribution < -0.4 is 10.1 Å². The fraction of sp³-hybridized carbons (Fsp3) is 0.273. The number of thioether (sulfide) groups is 1. The zero-order chi connectivity index (χ0) is 22.4. The zero-order valence-corrected chi connectivity index (χ0v) is 18.6. The van der Waals surface area contributed by atoms with Gasteiger partial charge >= 0.3 is 5.97 Å². The molecule has 1 heterocycles. The summed E-state index contributed by atoms with van der Waals surface area (Å²) >= 11 is 1.48. The fourth-order valence-electron chi connectivity index (χ4n) is 2.89. The first-order chi connectivity index (χ1) is 14.9. The van der Waals surface area contributed by atoms with Crippen molar-refractivity contribution in [3.05, 3.63) is 59.9 Å². The number of nitrogens with zero attached hydrogens (tertiary/aromatic N) is 3. The third kappa shape index (κ3) is 5.24. The number of aryl methyl sites for hydroxylation is 1. The Labute approximate surface area is 185 Å². The smallest absolute Gasteiger partial charge is 0.338 e. The van der Waals surface area contributed by atoms with Gasteiger partial charge in [0, 0.05) is 5.69 Å². The molecule has 3 rings (SSSR count). The van der Waals surface area contributed by atoms with Crippen molar-refractivity contribution in [2.75, 3.05) is 18.2 Å². The number of benzene rings is 2. The molecule has 0 bridgehead atoms. The van der Waals surface area contributed by atoms with Crippen molar-refractivity contribution in [1.82, 2.24) is 14.8 Å². The summed E-state index contributed by atoms with van der Waals surface area (Å²) < 4.78 is 12.7. The number of ether oxygens (including phenoxy) is 2. The SMILES string of the molecule is CCOc1ccccc1NC(=O)C(C)OC(=O)c1ccc(-n2c(C)nnc2SC)cc1. The Balaban J connectivity index is 1.66. The highest BCUT2D eigenvalue weighted by atomic mass is 32.2. The molecule has 8 nitrogen and oxygen atoms in total. The first kappa shape index (κ1) is 22.4. The molecule has 0 aliphatic carbocycles. The Morgan fingerprint density at radius 1 is 1.13 bits per heavy atom. The van der Waals surface area contributed by atoms with Crippen LogP contribution in [0.15, 0.2) is 53.7 Å². The number of aromatic nitrogens is 3. The van der Waals surface area contributed by atoms with E-state index in [9.17, 15) is 9.59 Å². The number of rotatable bonds is 8. The van der Waals surface area contributed by atoms with Crippen molar-refractivity contribution in [2.24, 2.45) is 0 Å². The molecule has 162 valence electrons. The summed E-state index contributed by atoms with van der Waals surface area (Å²) in [6.45, 7) is 5.72. The van der Waals surface area contributed by atoms with Crippen molar-refractivity contribution in [3.63, 3.8) is 0 Å². The van der Waals surface area contributed by atoms with Crippen LogP contribution in [0.5, 0.6) is 5.75 Å². The highest BCUT2D eigenvalue weighted by Gasteiger charge is 2.20. The predicted octanol–water partition coefficient (Wildman–Crippen LogP) is 3.88. The molecule has 9 heteroatoms. The molecular weight excluding hydrogens is 416 g/mol. The van der Waals surface area contributed by atoms with E-state index in [0.29, 0.717) is 23.6 Å². The quantitative estimate of drug-likeness (QED) is 0.419. The third-order valence-electron chi connectivity index (χ3n) is 4.44. The van der Waals surface area contributed by atoms with Crippen molar-refractivity contribution in [2.45, 2.75) is 32.0 Å². The molecule has 3 aromatic rings. The number of nitrogens with one attached hydrogen (secondary N) is 1. The molecule has 0 saturated heterocycles. The van der Waals surface area contributed by atoms with Crippen molar-refractivity contribution in [3.8, 4) is 11.4 Å². The molecule has 0 radical (unpaired) electrons. The van der Waals surface area contributed by atoms with Gasteiger partial charge in [-0.3, -0.25) is 9.36 Å². The van der Waals surface area contributed by atoms with E-state index in [2.05, 4.69) is 15.5 Å². The molecule has 1 atom stereocenters. The van der Waals surface area contributed by atoms with E-state index in [-0.39, 0.29) is 0 Å². The van der Waals surface area contributed by atoms with E-state index in [0.717, 1.165) is 16.7 Å². The maximum Gasteiger partial charge on any atom is 0.338 e. The van der Waals surface area contributed by atoms with Gasteiger partial charge in [-0.25, -0.2) is 4.79 Å². The van der Waals surface area contributed by atoms with Gasteiger partial charge in [0.2, 0.25) is 0 Å². The number of carbonyl (C=O) groups is 2. The van der Waals surface area contributed by atoms with Crippen LogP contribution in [0, 0.1) is 6.92 Å². The highest BCUT2D eigenvalue weighted by molar-refractivity contribution is 7.98. The first-order valence-electron chi connectivity index (χ1n) is 9.74. The van der Waals surface area contributed by atoms with Gasteiger partial charge in [-0.1, -0.05) is 23.9 Å². The second-order valence-corrected chi connectivity index (χ2v) is 7.36. The van der Waals surface area contributed by atoms with E-state index >= 15 is 0 Å². The molecule has 1 amide bonds. The lowest BCUT2D eigenvalue weighted by molar-refractivity contribution is -0.123. The monoisotopic (exact) mass is 440 g/mol. The highest BCUT2D eigenvalue weighted by Crippen LogP contribution is 2.24. The normalized spacial score (nSPS) is 11.6. The summed E-state index contributed by atoms with van der Waals surface area (Å²) in [5.41, 5.74) is 1.70. The van der Waals surface area contributed by atoms with E-state index in [1.807, 2.05) is 30.7 Å². The van der Waals surface area contributed by atoms with E-state index in [1.165, 1.54) is 18.7 Å². The third-order valence-corrected chi connectivity index (χ3v) is 5.07. The van der Waals surface area contributed by atoms with Gasteiger partial charge in [-0.05, 0) is 63.4 Å². The summed E-state index contributed by atoms with van der Waals surface area (Å²) in [6, 6.07) is 14.0. The minimum Gasteiger partial charge on any atom is -0.492 e. The Bertz CT molecular complexity index is 1070. The number of hydrogen-bond acceptors (Lipinski definition) is 7. The number of amides is 1. The maximum atomic E-state index is 12.5. The van der Waals surface area contributed by atoms with Gasteiger partial charge in [0.15, 0.2) is 11.3 Å². The molecule has 0 spiro atoms. The van der Waals surface area contributed by atoms with Crippen molar-refractivity contribution >= 4 is 29.3 Å². The molecule has 1 N–H and O–H groups in total. The van der Waals surface area contributed by atoms with Crippen LogP contribution in [0.2, 0.25) is 0 Å². The minimum atomic E-state index is -0.981. The van der Waals surface area contributed by atoms with Gasteiger partial charge in [-0.15, -0.1) is 10.2 Å². The molecule has 1 aromatic heterocycles. The fourth-order valence-corrected chi connectivity index (χ4v) is 3.43.